The summed E-state index contributed by atoms with van der Waals surface area (Å²) in [6.07, 6.45) is 1.01. The second kappa shape index (κ2) is 5.57. The van der Waals surface area contributed by atoms with Gasteiger partial charge in [-0.3, -0.25) is 0 Å². The van der Waals surface area contributed by atoms with Gasteiger partial charge < -0.3 is 11.5 Å². The number of nitrogen functional groups attached to an aromatic ring is 2. The number of anilines is 2. The van der Waals surface area contributed by atoms with E-state index in [4.69, 9.17) is 11.5 Å². The first-order valence-corrected chi connectivity index (χ1v) is 6.43. The Labute approximate surface area is 118 Å². The SMILES string of the molecule is CC(C)Cc1ccc(-c2nc(N)nc(N)c2C#N)cc1. The molecule has 5 nitrogen and oxygen atoms in total. The van der Waals surface area contributed by atoms with Gasteiger partial charge in [-0.05, 0) is 17.9 Å². The van der Waals surface area contributed by atoms with Gasteiger partial charge in [0.1, 0.15) is 17.5 Å². The molecule has 0 fully saturated rings. The summed E-state index contributed by atoms with van der Waals surface area (Å²) >= 11 is 0. The van der Waals surface area contributed by atoms with Gasteiger partial charge in [-0.15, -0.1) is 0 Å². The van der Waals surface area contributed by atoms with Crippen molar-refractivity contribution in [1.29, 1.82) is 5.26 Å². The van der Waals surface area contributed by atoms with E-state index in [1.807, 2.05) is 30.3 Å². The Morgan fingerprint density at radius 3 is 2.35 bits per heavy atom. The monoisotopic (exact) mass is 267 g/mol. The van der Waals surface area contributed by atoms with Crippen molar-refractivity contribution in [2.75, 3.05) is 11.5 Å². The molecule has 0 spiro atoms. The lowest BCUT2D eigenvalue weighted by molar-refractivity contribution is 0.647. The first kappa shape index (κ1) is 13.8. The summed E-state index contributed by atoms with van der Waals surface area (Å²) in [5.74, 6) is 0.782. The van der Waals surface area contributed by atoms with Gasteiger partial charge in [-0.2, -0.15) is 10.2 Å². The topological polar surface area (TPSA) is 102 Å². The minimum atomic E-state index is 0.0720. The van der Waals surface area contributed by atoms with E-state index in [0.29, 0.717) is 11.6 Å². The fourth-order valence-corrected chi connectivity index (χ4v) is 2.09. The maximum Gasteiger partial charge on any atom is 0.222 e. The molecular weight excluding hydrogens is 250 g/mol. The van der Waals surface area contributed by atoms with Crippen LogP contribution in [0.4, 0.5) is 11.8 Å². The molecule has 102 valence electrons. The largest absolute Gasteiger partial charge is 0.382 e. The van der Waals surface area contributed by atoms with Crippen molar-refractivity contribution in [2.24, 2.45) is 5.92 Å². The van der Waals surface area contributed by atoms with E-state index in [1.165, 1.54) is 5.56 Å². The van der Waals surface area contributed by atoms with E-state index in [0.717, 1.165) is 12.0 Å². The molecule has 0 saturated heterocycles. The summed E-state index contributed by atoms with van der Waals surface area (Å²) < 4.78 is 0. The first-order chi connectivity index (χ1) is 9.51. The molecule has 20 heavy (non-hydrogen) atoms. The molecule has 0 bridgehead atoms. The van der Waals surface area contributed by atoms with Crippen molar-refractivity contribution in [1.82, 2.24) is 9.97 Å². The maximum absolute atomic E-state index is 9.17. The van der Waals surface area contributed by atoms with Crippen molar-refractivity contribution in [3.63, 3.8) is 0 Å². The van der Waals surface area contributed by atoms with Crippen LogP contribution in [0.1, 0.15) is 25.0 Å². The highest BCUT2D eigenvalue weighted by molar-refractivity contribution is 5.73. The summed E-state index contributed by atoms with van der Waals surface area (Å²) in [6.45, 7) is 4.35. The van der Waals surface area contributed by atoms with Crippen LogP contribution in [0.25, 0.3) is 11.3 Å². The molecule has 1 aromatic carbocycles. The van der Waals surface area contributed by atoms with Gasteiger partial charge in [0, 0.05) is 5.56 Å². The third-order valence-electron chi connectivity index (χ3n) is 2.94. The van der Waals surface area contributed by atoms with Gasteiger partial charge in [0.05, 0.1) is 5.69 Å². The highest BCUT2D eigenvalue weighted by Gasteiger charge is 2.13. The van der Waals surface area contributed by atoms with Crippen molar-refractivity contribution >= 4 is 11.8 Å². The lowest BCUT2D eigenvalue weighted by Crippen LogP contribution is -2.05. The van der Waals surface area contributed by atoms with Gasteiger partial charge in [-0.25, -0.2) is 4.98 Å². The normalized spacial score (nSPS) is 10.5. The molecule has 0 radical (unpaired) electrons. The van der Waals surface area contributed by atoms with Crippen LogP contribution in [-0.2, 0) is 6.42 Å². The fourth-order valence-electron chi connectivity index (χ4n) is 2.09. The van der Waals surface area contributed by atoms with Crippen LogP contribution >= 0.6 is 0 Å². The van der Waals surface area contributed by atoms with Crippen LogP contribution in [0.5, 0.6) is 0 Å². The summed E-state index contributed by atoms with van der Waals surface area (Å²) in [5, 5.41) is 9.17. The smallest absolute Gasteiger partial charge is 0.222 e. The van der Waals surface area contributed by atoms with E-state index in [-0.39, 0.29) is 17.3 Å². The second-order valence-electron chi connectivity index (χ2n) is 5.10. The number of benzene rings is 1. The molecule has 1 heterocycles. The van der Waals surface area contributed by atoms with Crippen LogP contribution in [0.3, 0.4) is 0 Å². The van der Waals surface area contributed by atoms with Crippen LogP contribution in [0.15, 0.2) is 24.3 Å². The minimum absolute atomic E-state index is 0.0720. The number of nitrogens with two attached hydrogens (primary N) is 2. The quantitative estimate of drug-likeness (QED) is 0.888. The number of rotatable bonds is 3. The average Bonchev–Trinajstić information content (AvgIpc) is 2.38. The molecule has 1 aromatic heterocycles. The van der Waals surface area contributed by atoms with Gasteiger partial charge in [0.2, 0.25) is 5.95 Å². The fraction of sp³-hybridized carbons (Fsp3) is 0.267. The molecule has 2 rings (SSSR count). The number of aromatic nitrogens is 2. The number of hydrogen-bond donors (Lipinski definition) is 2. The Morgan fingerprint density at radius 2 is 1.80 bits per heavy atom. The van der Waals surface area contributed by atoms with Crippen molar-refractivity contribution in [3.05, 3.63) is 35.4 Å². The van der Waals surface area contributed by atoms with Crippen LogP contribution < -0.4 is 11.5 Å². The molecule has 0 unspecified atom stereocenters. The lowest BCUT2D eigenvalue weighted by atomic mass is 10.00. The van der Waals surface area contributed by atoms with Crippen LogP contribution in [0.2, 0.25) is 0 Å². The number of hydrogen-bond acceptors (Lipinski definition) is 5. The predicted molar refractivity (Wildman–Crippen MR) is 79.5 cm³/mol. The highest BCUT2D eigenvalue weighted by Crippen LogP contribution is 2.25. The summed E-state index contributed by atoms with van der Waals surface area (Å²) in [6, 6.07) is 9.96. The summed E-state index contributed by atoms with van der Waals surface area (Å²) in [5.41, 5.74) is 14.1. The zero-order valence-electron chi connectivity index (χ0n) is 11.6. The van der Waals surface area contributed by atoms with Crippen LogP contribution in [0, 0.1) is 17.2 Å². The Hall–Kier alpha value is -2.61. The highest BCUT2D eigenvalue weighted by atomic mass is 15.0. The Kier molecular flexibility index (Phi) is 3.85. The summed E-state index contributed by atoms with van der Waals surface area (Å²) in [7, 11) is 0. The Balaban J connectivity index is 2.44. The molecule has 0 aliphatic heterocycles. The molecule has 0 saturated carbocycles. The molecule has 0 aliphatic rings. The summed E-state index contributed by atoms with van der Waals surface area (Å²) in [4.78, 5) is 7.94. The zero-order chi connectivity index (χ0) is 14.7. The molecule has 0 aliphatic carbocycles. The van der Waals surface area contributed by atoms with Crippen molar-refractivity contribution < 1.29 is 0 Å². The maximum atomic E-state index is 9.17. The minimum Gasteiger partial charge on any atom is -0.382 e. The first-order valence-electron chi connectivity index (χ1n) is 6.43. The standard InChI is InChI=1S/C15H17N5/c1-9(2)7-10-3-5-11(6-4-10)13-12(8-16)14(17)20-15(18)19-13/h3-6,9H,7H2,1-2H3,(H4,17,18,19,20). The Morgan fingerprint density at radius 1 is 1.15 bits per heavy atom. The van der Waals surface area contributed by atoms with Gasteiger partial charge >= 0.3 is 0 Å². The van der Waals surface area contributed by atoms with Gasteiger partial charge in [-0.1, -0.05) is 38.1 Å². The van der Waals surface area contributed by atoms with Gasteiger partial charge in [0.25, 0.3) is 0 Å². The third kappa shape index (κ3) is 2.86. The molecule has 0 amide bonds. The van der Waals surface area contributed by atoms with E-state index >= 15 is 0 Å². The molecule has 0 atom stereocenters. The number of nitriles is 1. The molecule has 2 aromatic rings. The second-order valence-corrected chi connectivity index (χ2v) is 5.10. The predicted octanol–water partition coefficient (Wildman–Crippen LogP) is 2.38. The van der Waals surface area contributed by atoms with E-state index in [9.17, 15) is 5.26 Å². The van der Waals surface area contributed by atoms with E-state index < -0.39 is 0 Å². The third-order valence-corrected chi connectivity index (χ3v) is 2.94. The molecular formula is C15H17N5. The van der Waals surface area contributed by atoms with Gasteiger partial charge in [0.15, 0.2) is 0 Å². The molecule has 4 N–H and O–H groups in total. The zero-order valence-corrected chi connectivity index (χ0v) is 11.6. The lowest BCUT2D eigenvalue weighted by Gasteiger charge is -2.08. The van der Waals surface area contributed by atoms with Crippen LogP contribution in [-0.4, -0.2) is 9.97 Å². The average molecular weight is 267 g/mol. The van der Waals surface area contributed by atoms with Crippen molar-refractivity contribution in [3.8, 4) is 17.3 Å². The Bertz CT molecular complexity index is 653. The molecule has 5 heteroatoms. The van der Waals surface area contributed by atoms with E-state index in [1.54, 1.807) is 0 Å². The van der Waals surface area contributed by atoms with Crippen molar-refractivity contribution in [2.45, 2.75) is 20.3 Å². The van der Waals surface area contributed by atoms with E-state index in [2.05, 4.69) is 23.8 Å². The number of nitrogens with zero attached hydrogens (tertiary/aromatic N) is 3.